The van der Waals surface area contributed by atoms with Crippen LogP contribution in [0.2, 0.25) is 0 Å². The van der Waals surface area contributed by atoms with Crippen LogP contribution >= 0.6 is 15.9 Å². The maximum absolute atomic E-state index is 11.9. The van der Waals surface area contributed by atoms with Crippen LogP contribution in [0, 0.1) is 5.92 Å². The SMILES string of the molecule is COc1ccc(Br)cc1NC(=O)CCC(C)CCN. The second-order valence-electron chi connectivity index (χ2n) is 4.61. The van der Waals surface area contributed by atoms with Gasteiger partial charge in [-0.2, -0.15) is 0 Å². The first-order chi connectivity index (χ1) is 9.06. The molecule has 5 heteroatoms. The van der Waals surface area contributed by atoms with E-state index in [2.05, 4.69) is 28.2 Å². The first kappa shape index (κ1) is 16.0. The molecule has 1 amide bonds. The Hall–Kier alpha value is -1.07. The quantitative estimate of drug-likeness (QED) is 0.808. The molecule has 1 atom stereocenters. The number of rotatable bonds is 7. The van der Waals surface area contributed by atoms with Crippen molar-refractivity contribution in [3.63, 3.8) is 0 Å². The van der Waals surface area contributed by atoms with E-state index in [1.807, 2.05) is 18.2 Å². The maximum Gasteiger partial charge on any atom is 0.224 e. The fourth-order valence-electron chi connectivity index (χ4n) is 1.80. The summed E-state index contributed by atoms with van der Waals surface area (Å²) >= 11 is 3.38. The van der Waals surface area contributed by atoms with Gasteiger partial charge in [-0.3, -0.25) is 4.79 Å². The van der Waals surface area contributed by atoms with Gasteiger partial charge < -0.3 is 15.8 Å². The number of ether oxygens (including phenoxy) is 1. The zero-order valence-corrected chi connectivity index (χ0v) is 13.0. The molecule has 0 saturated carbocycles. The summed E-state index contributed by atoms with van der Waals surface area (Å²) in [5.74, 6) is 1.13. The maximum atomic E-state index is 11.9. The van der Waals surface area contributed by atoms with E-state index in [4.69, 9.17) is 10.5 Å². The number of carbonyl (C=O) groups is 1. The van der Waals surface area contributed by atoms with Crippen LogP contribution in [-0.2, 0) is 4.79 Å². The summed E-state index contributed by atoms with van der Waals surface area (Å²) in [5.41, 5.74) is 6.18. The molecule has 3 N–H and O–H groups in total. The van der Waals surface area contributed by atoms with Crippen molar-refractivity contribution >= 4 is 27.5 Å². The van der Waals surface area contributed by atoms with Crippen LogP contribution in [-0.4, -0.2) is 19.6 Å². The molecule has 0 aliphatic rings. The van der Waals surface area contributed by atoms with Crippen LogP contribution in [0.3, 0.4) is 0 Å². The molecule has 0 aliphatic carbocycles. The largest absolute Gasteiger partial charge is 0.495 e. The van der Waals surface area contributed by atoms with Gasteiger partial charge >= 0.3 is 0 Å². The second kappa shape index (κ2) is 8.17. The average Bonchev–Trinajstić information content (AvgIpc) is 2.37. The number of benzene rings is 1. The normalized spacial score (nSPS) is 12.0. The van der Waals surface area contributed by atoms with Crippen molar-refractivity contribution in [2.75, 3.05) is 19.0 Å². The Morgan fingerprint density at radius 1 is 1.47 bits per heavy atom. The molecule has 1 rings (SSSR count). The molecule has 106 valence electrons. The van der Waals surface area contributed by atoms with E-state index in [-0.39, 0.29) is 5.91 Å². The van der Waals surface area contributed by atoms with Crippen LogP contribution in [0.1, 0.15) is 26.2 Å². The number of nitrogens with two attached hydrogens (primary N) is 1. The first-order valence-corrected chi connectivity index (χ1v) is 7.19. The van der Waals surface area contributed by atoms with Crippen molar-refractivity contribution in [2.45, 2.75) is 26.2 Å². The zero-order valence-electron chi connectivity index (χ0n) is 11.4. The van der Waals surface area contributed by atoms with E-state index >= 15 is 0 Å². The summed E-state index contributed by atoms with van der Waals surface area (Å²) in [5, 5.41) is 2.87. The average molecular weight is 329 g/mol. The highest BCUT2D eigenvalue weighted by atomic mass is 79.9. The lowest BCUT2D eigenvalue weighted by molar-refractivity contribution is -0.116. The van der Waals surface area contributed by atoms with Crippen LogP contribution in [0.25, 0.3) is 0 Å². The predicted octanol–water partition coefficient (Wildman–Crippen LogP) is 3.16. The third-order valence-corrected chi connectivity index (χ3v) is 3.45. The Morgan fingerprint density at radius 2 is 2.21 bits per heavy atom. The van der Waals surface area contributed by atoms with Gasteiger partial charge in [0, 0.05) is 10.9 Å². The summed E-state index contributed by atoms with van der Waals surface area (Å²) in [6.07, 6.45) is 2.30. The molecule has 19 heavy (non-hydrogen) atoms. The summed E-state index contributed by atoms with van der Waals surface area (Å²) in [6, 6.07) is 5.52. The minimum Gasteiger partial charge on any atom is -0.495 e. The van der Waals surface area contributed by atoms with Crippen LogP contribution in [0.15, 0.2) is 22.7 Å². The summed E-state index contributed by atoms with van der Waals surface area (Å²) in [6.45, 7) is 2.78. The number of anilines is 1. The van der Waals surface area contributed by atoms with E-state index < -0.39 is 0 Å². The van der Waals surface area contributed by atoms with Gasteiger partial charge in [0.1, 0.15) is 5.75 Å². The van der Waals surface area contributed by atoms with Gasteiger partial charge in [-0.15, -0.1) is 0 Å². The van der Waals surface area contributed by atoms with Gasteiger partial charge in [0.25, 0.3) is 0 Å². The lowest BCUT2D eigenvalue weighted by Crippen LogP contribution is -2.14. The van der Waals surface area contributed by atoms with Gasteiger partial charge in [0.05, 0.1) is 12.8 Å². The molecule has 1 unspecified atom stereocenters. The minimum atomic E-state index is 0.000251. The molecule has 0 bridgehead atoms. The lowest BCUT2D eigenvalue weighted by atomic mass is 10.0. The Balaban J connectivity index is 2.54. The molecular weight excluding hydrogens is 308 g/mol. The van der Waals surface area contributed by atoms with Crippen molar-refractivity contribution in [2.24, 2.45) is 11.7 Å². The molecule has 0 aromatic heterocycles. The second-order valence-corrected chi connectivity index (χ2v) is 5.53. The van der Waals surface area contributed by atoms with E-state index in [1.165, 1.54) is 0 Å². The van der Waals surface area contributed by atoms with Crippen molar-refractivity contribution in [3.8, 4) is 5.75 Å². The number of halogens is 1. The molecule has 1 aromatic rings. The van der Waals surface area contributed by atoms with Gasteiger partial charge in [-0.1, -0.05) is 22.9 Å². The summed E-state index contributed by atoms with van der Waals surface area (Å²) in [7, 11) is 1.59. The van der Waals surface area contributed by atoms with Crippen LogP contribution in [0.4, 0.5) is 5.69 Å². The smallest absolute Gasteiger partial charge is 0.224 e. The zero-order chi connectivity index (χ0) is 14.3. The molecule has 1 aromatic carbocycles. The van der Waals surface area contributed by atoms with E-state index in [9.17, 15) is 4.79 Å². The van der Waals surface area contributed by atoms with Gasteiger partial charge in [-0.25, -0.2) is 0 Å². The van der Waals surface area contributed by atoms with Crippen LogP contribution in [0.5, 0.6) is 5.75 Å². The predicted molar refractivity (Wildman–Crippen MR) is 81.4 cm³/mol. The third kappa shape index (κ3) is 5.61. The highest BCUT2D eigenvalue weighted by Crippen LogP contribution is 2.28. The third-order valence-electron chi connectivity index (χ3n) is 2.96. The van der Waals surface area contributed by atoms with Gasteiger partial charge in [-0.05, 0) is 43.5 Å². The molecule has 4 nitrogen and oxygen atoms in total. The Kier molecular flexibility index (Phi) is 6.87. The van der Waals surface area contributed by atoms with Gasteiger partial charge in [0.15, 0.2) is 0 Å². The first-order valence-electron chi connectivity index (χ1n) is 6.40. The minimum absolute atomic E-state index is 0.000251. The number of amides is 1. The lowest BCUT2D eigenvalue weighted by Gasteiger charge is -2.12. The number of methoxy groups -OCH3 is 1. The van der Waals surface area contributed by atoms with Gasteiger partial charge in [0.2, 0.25) is 5.91 Å². The molecule has 0 fully saturated rings. The molecule has 0 saturated heterocycles. The molecule has 0 aliphatic heterocycles. The molecular formula is C14H21BrN2O2. The Labute approximate surface area is 122 Å². The number of hydrogen-bond acceptors (Lipinski definition) is 3. The number of carbonyl (C=O) groups excluding carboxylic acids is 1. The van der Waals surface area contributed by atoms with Crippen LogP contribution < -0.4 is 15.8 Å². The fraction of sp³-hybridized carbons (Fsp3) is 0.500. The van der Waals surface area contributed by atoms with E-state index in [0.29, 0.717) is 30.3 Å². The Bertz CT molecular complexity index is 424. The number of nitrogens with one attached hydrogen (secondary N) is 1. The monoisotopic (exact) mass is 328 g/mol. The van der Waals surface area contributed by atoms with E-state index in [0.717, 1.165) is 17.3 Å². The number of hydrogen-bond donors (Lipinski definition) is 2. The summed E-state index contributed by atoms with van der Waals surface area (Å²) in [4.78, 5) is 11.9. The van der Waals surface area contributed by atoms with Crippen molar-refractivity contribution in [1.29, 1.82) is 0 Å². The molecule has 0 heterocycles. The van der Waals surface area contributed by atoms with Crippen molar-refractivity contribution < 1.29 is 9.53 Å². The summed E-state index contributed by atoms with van der Waals surface area (Å²) < 4.78 is 6.12. The Morgan fingerprint density at radius 3 is 2.84 bits per heavy atom. The van der Waals surface area contributed by atoms with E-state index in [1.54, 1.807) is 7.11 Å². The standard InChI is InChI=1S/C14H21BrN2O2/c1-10(7-8-16)3-6-14(18)17-12-9-11(15)4-5-13(12)19-2/h4-5,9-10H,3,6-8,16H2,1-2H3,(H,17,18). The fourth-order valence-corrected chi connectivity index (χ4v) is 2.16. The topological polar surface area (TPSA) is 64.3 Å². The highest BCUT2D eigenvalue weighted by molar-refractivity contribution is 9.10. The molecule has 0 radical (unpaired) electrons. The molecule has 0 spiro atoms. The van der Waals surface area contributed by atoms with Crippen molar-refractivity contribution in [1.82, 2.24) is 0 Å². The van der Waals surface area contributed by atoms with Crippen molar-refractivity contribution in [3.05, 3.63) is 22.7 Å². The highest BCUT2D eigenvalue weighted by Gasteiger charge is 2.10.